The van der Waals surface area contributed by atoms with Crippen LogP contribution in [0.3, 0.4) is 0 Å². The lowest BCUT2D eigenvalue weighted by Crippen LogP contribution is -2.40. The number of carbonyl (C=O) groups excluding carboxylic acids is 2. The first-order valence-corrected chi connectivity index (χ1v) is 25.0. The molecule has 63 heavy (non-hydrogen) atoms. The normalized spacial score (nSPS) is 29.4. The van der Waals surface area contributed by atoms with Gasteiger partial charge >= 0.3 is 6.03 Å². The number of amides is 3. The number of allylic oxidation sites excluding steroid dienone is 4. The van der Waals surface area contributed by atoms with E-state index in [0.29, 0.717) is 102 Å². The van der Waals surface area contributed by atoms with Gasteiger partial charge in [0.25, 0.3) is 0 Å². The van der Waals surface area contributed by atoms with E-state index in [1.54, 1.807) is 10.3 Å². The number of hydrogen-bond acceptors (Lipinski definition) is 11. The number of aromatic nitrogens is 3. The van der Waals surface area contributed by atoms with Crippen LogP contribution >= 0.6 is 11.8 Å². The molecule has 6 rings (SSSR count). The third kappa shape index (κ3) is 14.9. The molecule has 2 aliphatic heterocycles. The van der Waals surface area contributed by atoms with Gasteiger partial charge in [-0.25, -0.2) is 9.48 Å². The van der Waals surface area contributed by atoms with E-state index in [1.165, 1.54) is 36.8 Å². The van der Waals surface area contributed by atoms with Crippen molar-refractivity contribution in [2.45, 2.75) is 166 Å². The molecule has 354 valence electrons. The van der Waals surface area contributed by atoms with Gasteiger partial charge in [-0.3, -0.25) is 4.79 Å². The van der Waals surface area contributed by atoms with Crippen LogP contribution in [0.1, 0.15) is 123 Å². The molecule has 3 saturated carbocycles. The lowest BCUT2D eigenvalue weighted by atomic mass is 9.60. The predicted octanol–water partition coefficient (Wildman–Crippen LogP) is 6.41. The lowest BCUT2D eigenvalue weighted by molar-refractivity contribution is -0.121. The number of nitrogens with zero attached hydrogens (tertiary/aromatic N) is 3. The Kier molecular flexibility index (Phi) is 19.0. The van der Waals surface area contributed by atoms with E-state index in [2.05, 4.69) is 58.8 Å². The van der Waals surface area contributed by atoms with Gasteiger partial charge in [-0.15, -0.1) is 5.10 Å². The van der Waals surface area contributed by atoms with Crippen molar-refractivity contribution >= 4 is 23.7 Å². The van der Waals surface area contributed by atoms with Gasteiger partial charge in [0.05, 0.1) is 88.9 Å². The van der Waals surface area contributed by atoms with Crippen molar-refractivity contribution in [3.05, 3.63) is 47.3 Å². The van der Waals surface area contributed by atoms with Crippen molar-refractivity contribution in [1.29, 1.82) is 0 Å². The molecule has 0 spiro atoms. The predicted molar refractivity (Wildman–Crippen MR) is 246 cm³/mol. The summed E-state index contributed by atoms with van der Waals surface area (Å²) < 4.78 is 25.5. The SMILES string of the molecule is C=C1CC[C@H](O)C/C1=C/C=C1\CCC[C@]2(C)[C@@H]([C@H](C)[C@H](CCC(C)(C)O)OCc3cn(CCOCCOCCOCCNC(=O)CCCC[C@H]4SC[C@H]5NC(=O)N[C@H]54)nn3)CC[C@@H]12. The van der Waals surface area contributed by atoms with Crippen LogP contribution in [-0.2, 0) is 36.9 Å². The Morgan fingerprint density at radius 2 is 1.87 bits per heavy atom. The van der Waals surface area contributed by atoms with Crippen LogP contribution in [-0.4, -0.2) is 124 Å². The van der Waals surface area contributed by atoms with Gasteiger partial charge in [-0.1, -0.05) is 55.4 Å². The summed E-state index contributed by atoms with van der Waals surface area (Å²) in [5, 5.41) is 39.0. The number of ether oxygens (including phenoxy) is 4. The largest absolute Gasteiger partial charge is 0.393 e. The third-order valence-electron chi connectivity index (χ3n) is 14.4. The van der Waals surface area contributed by atoms with Gasteiger partial charge in [0.1, 0.15) is 5.69 Å². The van der Waals surface area contributed by atoms with Crippen molar-refractivity contribution < 1.29 is 38.7 Å². The van der Waals surface area contributed by atoms with Gasteiger partial charge in [0, 0.05) is 24.0 Å². The number of unbranched alkanes of at least 4 members (excludes halogenated alkanes) is 1. The van der Waals surface area contributed by atoms with E-state index in [0.717, 1.165) is 56.4 Å². The van der Waals surface area contributed by atoms with Gasteiger partial charge in [-0.05, 0) is 120 Å². The Bertz CT molecular complexity index is 1700. The van der Waals surface area contributed by atoms with Crippen LogP contribution in [0, 0.1) is 23.2 Å². The van der Waals surface area contributed by atoms with Crippen LogP contribution in [0.2, 0.25) is 0 Å². The zero-order valence-electron chi connectivity index (χ0n) is 38.6. The Labute approximate surface area is 380 Å². The highest BCUT2D eigenvalue weighted by Gasteiger charge is 2.52. The first-order valence-electron chi connectivity index (χ1n) is 24.0. The molecule has 3 aliphatic carbocycles. The number of hydrogen-bond donors (Lipinski definition) is 5. The molecule has 0 unspecified atom stereocenters. The van der Waals surface area contributed by atoms with E-state index in [4.69, 9.17) is 18.9 Å². The second kappa shape index (κ2) is 24.1. The van der Waals surface area contributed by atoms with Gasteiger partial charge in [0.15, 0.2) is 0 Å². The van der Waals surface area contributed by atoms with Crippen molar-refractivity contribution in [2.24, 2.45) is 23.2 Å². The summed E-state index contributed by atoms with van der Waals surface area (Å²) in [7, 11) is 0. The second-order valence-corrected chi connectivity index (χ2v) is 20.9. The molecule has 0 bridgehead atoms. The van der Waals surface area contributed by atoms with Crippen LogP contribution < -0.4 is 16.0 Å². The van der Waals surface area contributed by atoms with E-state index in [-0.39, 0.29) is 41.6 Å². The molecule has 15 heteroatoms. The maximum Gasteiger partial charge on any atom is 0.315 e. The maximum absolute atomic E-state index is 12.2. The molecule has 1 aromatic rings. The molecule has 5 N–H and O–H groups in total. The molecule has 2 saturated heterocycles. The van der Waals surface area contributed by atoms with Crippen LogP contribution in [0.15, 0.2) is 41.6 Å². The molecule has 14 nitrogen and oxygen atoms in total. The summed E-state index contributed by atoms with van der Waals surface area (Å²) in [6.07, 6.45) is 19.3. The van der Waals surface area contributed by atoms with Crippen LogP contribution in [0.4, 0.5) is 4.79 Å². The Morgan fingerprint density at radius 3 is 2.67 bits per heavy atom. The standard InChI is InChI=1S/C48H78N6O8S/c1-33-12-15-38(55)29-36(33)14-13-35-9-8-19-48(5)39(16-17-40(35)48)34(2)42(18-20-47(3,4)58)62-31-37-30-54(53-52-37)22-24-60-26-28-61-27-25-59-23-21-49-44(56)11-7-6-10-43-45-41(32-63-43)50-46(57)51-45/h13-14,30,34,38-43,45,55,58H,1,6-12,15-29,31-32H2,2-5H3,(H,49,56)(H2,50,51,57)/b35-13+,36-14-/t34-,38-,39+,40-,41+,42-,43+,45+,48+/m0/s1. The minimum Gasteiger partial charge on any atom is -0.393 e. The van der Waals surface area contributed by atoms with Crippen LogP contribution in [0.5, 0.6) is 0 Å². The second-order valence-electron chi connectivity index (χ2n) is 19.6. The molecule has 3 heterocycles. The Morgan fingerprint density at radius 1 is 1.10 bits per heavy atom. The number of rotatable bonds is 26. The highest BCUT2D eigenvalue weighted by atomic mass is 32.2. The van der Waals surface area contributed by atoms with Crippen molar-refractivity contribution in [1.82, 2.24) is 30.9 Å². The number of aliphatic hydroxyl groups excluding tert-OH is 1. The molecule has 5 fully saturated rings. The summed E-state index contributed by atoms with van der Waals surface area (Å²) in [6, 6.07) is 0.395. The molecule has 9 atom stereocenters. The lowest BCUT2D eigenvalue weighted by Gasteiger charge is -2.46. The van der Waals surface area contributed by atoms with Crippen LogP contribution in [0.25, 0.3) is 0 Å². The number of thioether (sulfide) groups is 1. The fourth-order valence-electron chi connectivity index (χ4n) is 10.8. The molecule has 3 amide bonds. The van der Waals surface area contributed by atoms with Crippen molar-refractivity contribution in [2.75, 3.05) is 51.9 Å². The fraction of sp³-hybridized carbons (Fsp3) is 0.792. The number of fused-ring (bicyclic) bond motifs is 2. The van der Waals surface area contributed by atoms with E-state index in [1.807, 2.05) is 31.8 Å². The molecule has 1 aromatic heterocycles. The molecule has 0 radical (unpaired) electrons. The summed E-state index contributed by atoms with van der Waals surface area (Å²) in [5.74, 6) is 2.38. The molecular weight excluding hydrogens is 821 g/mol. The number of aliphatic hydroxyl groups is 2. The molecular formula is C48H78N6O8S. The van der Waals surface area contributed by atoms with E-state index < -0.39 is 5.60 Å². The molecule has 5 aliphatic rings. The smallest absolute Gasteiger partial charge is 0.315 e. The summed E-state index contributed by atoms with van der Waals surface area (Å²) in [5.41, 5.74) is 4.14. The number of urea groups is 1. The highest BCUT2D eigenvalue weighted by molar-refractivity contribution is 8.00. The minimum absolute atomic E-state index is 0.0150. The third-order valence-corrected chi connectivity index (χ3v) is 15.9. The van der Waals surface area contributed by atoms with Gasteiger partial charge < -0.3 is 45.1 Å². The zero-order valence-corrected chi connectivity index (χ0v) is 39.4. The van der Waals surface area contributed by atoms with E-state index >= 15 is 0 Å². The number of carbonyl (C=O) groups is 2. The summed E-state index contributed by atoms with van der Waals surface area (Å²) in [4.78, 5) is 23.7. The minimum atomic E-state index is -0.770. The molecule has 0 aromatic carbocycles. The summed E-state index contributed by atoms with van der Waals surface area (Å²) >= 11 is 1.90. The topological polar surface area (TPSA) is 178 Å². The first-order chi connectivity index (χ1) is 30.3. The average Bonchev–Trinajstić information content (AvgIpc) is 4.03. The quantitative estimate of drug-likeness (QED) is 0.0513. The first kappa shape index (κ1) is 49.6. The Hall–Kier alpha value is -2.79. The Balaban J connectivity index is 0.824. The average molecular weight is 899 g/mol. The summed E-state index contributed by atoms with van der Waals surface area (Å²) in [6.45, 7) is 17.1. The monoisotopic (exact) mass is 899 g/mol. The zero-order chi connectivity index (χ0) is 44.8. The fourth-order valence-corrected chi connectivity index (χ4v) is 12.4. The van der Waals surface area contributed by atoms with Crippen molar-refractivity contribution in [3.63, 3.8) is 0 Å². The van der Waals surface area contributed by atoms with Gasteiger partial charge in [0.2, 0.25) is 5.91 Å². The van der Waals surface area contributed by atoms with Crippen molar-refractivity contribution in [3.8, 4) is 0 Å². The van der Waals surface area contributed by atoms with E-state index in [9.17, 15) is 19.8 Å². The highest BCUT2D eigenvalue weighted by Crippen LogP contribution is 2.60. The maximum atomic E-state index is 12.2. The number of nitrogens with one attached hydrogen (secondary N) is 3. The van der Waals surface area contributed by atoms with Gasteiger partial charge in [-0.2, -0.15) is 11.8 Å².